The predicted octanol–water partition coefficient (Wildman–Crippen LogP) is 3.68. The zero-order chi connectivity index (χ0) is 22.6. The molecule has 0 saturated heterocycles. The maximum atomic E-state index is 12.4. The van der Waals surface area contributed by atoms with Gasteiger partial charge in [0.1, 0.15) is 5.76 Å². The number of ether oxygens (including phenoxy) is 1. The quantitative estimate of drug-likeness (QED) is 0.412. The molecular weight excluding hydrogens is 430 g/mol. The summed E-state index contributed by atoms with van der Waals surface area (Å²) in [6, 6.07) is 14.3. The first-order chi connectivity index (χ1) is 15.4. The minimum atomic E-state index is -3.76. The van der Waals surface area contributed by atoms with Gasteiger partial charge in [0.05, 0.1) is 23.3 Å². The van der Waals surface area contributed by atoms with E-state index in [1.165, 1.54) is 41.7 Å². The topological polar surface area (TPSA) is 103 Å². The molecule has 0 spiro atoms. The number of ketones is 1. The summed E-state index contributed by atoms with van der Waals surface area (Å²) in [6.07, 6.45) is 5.73. The van der Waals surface area contributed by atoms with E-state index in [2.05, 4.69) is 4.72 Å². The Kier molecular flexibility index (Phi) is 6.53. The smallest absolute Gasteiger partial charge is 0.338 e. The lowest BCUT2D eigenvalue weighted by Crippen LogP contribution is -2.23. The van der Waals surface area contributed by atoms with Crippen LogP contribution < -0.4 is 4.72 Å². The van der Waals surface area contributed by atoms with E-state index in [-0.39, 0.29) is 29.4 Å². The van der Waals surface area contributed by atoms with Gasteiger partial charge in [-0.3, -0.25) is 4.79 Å². The Morgan fingerprint density at radius 1 is 0.938 bits per heavy atom. The number of nitrogens with one attached hydrogen (secondary N) is 1. The van der Waals surface area contributed by atoms with E-state index in [4.69, 9.17) is 9.15 Å². The molecule has 1 aliphatic carbocycles. The first-order valence-corrected chi connectivity index (χ1v) is 11.8. The van der Waals surface area contributed by atoms with E-state index in [0.717, 1.165) is 25.7 Å². The number of esters is 1. The highest BCUT2D eigenvalue weighted by atomic mass is 32.2. The molecule has 8 heteroatoms. The number of hydrogen-bond donors (Lipinski definition) is 1. The first kappa shape index (κ1) is 22.0. The fourth-order valence-electron chi connectivity index (χ4n) is 3.64. The van der Waals surface area contributed by atoms with Crippen LogP contribution in [0.25, 0.3) is 0 Å². The van der Waals surface area contributed by atoms with Crippen LogP contribution in [-0.4, -0.2) is 26.8 Å². The van der Waals surface area contributed by atoms with Crippen LogP contribution in [0.3, 0.4) is 0 Å². The van der Waals surface area contributed by atoms with Crippen LogP contribution in [-0.2, 0) is 34.1 Å². The van der Waals surface area contributed by atoms with Crippen molar-refractivity contribution in [1.82, 2.24) is 4.72 Å². The Hall–Kier alpha value is -3.23. The summed E-state index contributed by atoms with van der Waals surface area (Å²) in [4.78, 5) is 24.8. The number of carbonyl (C=O) groups excluding carboxylic acids is 2. The van der Waals surface area contributed by atoms with Crippen molar-refractivity contribution >= 4 is 21.8 Å². The molecule has 1 aliphatic rings. The number of aryl methyl sites for hydroxylation is 2. The Morgan fingerprint density at radius 2 is 1.66 bits per heavy atom. The van der Waals surface area contributed by atoms with Crippen LogP contribution in [0.15, 0.2) is 70.2 Å². The highest BCUT2D eigenvalue weighted by molar-refractivity contribution is 7.89. The number of carbonyl (C=O) groups is 2. The van der Waals surface area contributed by atoms with Gasteiger partial charge in [-0.2, -0.15) is 0 Å². The Labute approximate surface area is 186 Å². The first-order valence-electron chi connectivity index (χ1n) is 10.4. The Morgan fingerprint density at radius 3 is 2.38 bits per heavy atom. The number of furan rings is 1. The fourth-order valence-corrected chi connectivity index (χ4v) is 4.63. The summed E-state index contributed by atoms with van der Waals surface area (Å²) in [6.45, 7) is -0.355. The third-order valence-electron chi connectivity index (χ3n) is 5.42. The summed E-state index contributed by atoms with van der Waals surface area (Å²) < 4.78 is 37.4. The predicted molar refractivity (Wildman–Crippen MR) is 117 cm³/mol. The fraction of sp³-hybridized carbons (Fsp3) is 0.250. The van der Waals surface area contributed by atoms with E-state index >= 15 is 0 Å². The van der Waals surface area contributed by atoms with Crippen LogP contribution in [0.5, 0.6) is 0 Å². The standard InChI is InChI=1S/C24H23NO6S/c26-23(20-8-7-17-4-1-2-5-19(17)14-20)16-31-24(27)18-9-11-22(12-10-18)32(28,29)25-15-21-6-3-13-30-21/h3,6-14,25H,1-2,4-5,15-16H2. The van der Waals surface area contributed by atoms with Gasteiger partial charge in [0.15, 0.2) is 12.4 Å². The molecule has 0 amide bonds. The second-order valence-corrected chi connectivity index (χ2v) is 9.39. The van der Waals surface area contributed by atoms with Gasteiger partial charge >= 0.3 is 5.97 Å². The van der Waals surface area contributed by atoms with Crippen molar-refractivity contribution in [3.05, 3.63) is 88.9 Å². The number of fused-ring (bicyclic) bond motifs is 1. The molecule has 0 bridgehead atoms. The normalized spacial score (nSPS) is 13.4. The molecule has 166 valence electrons. The Bertz CT molecular complexity index is 1210. The number of hydrogen-bond acceptors (Lipinski definition) is 6. The molecule has 0 aliphatic heterocycles. The van der Waals surface area contributed by atoms with Gasteiger partial charge in [-0.05, 0) is 79.3 Å². The molecule has 0 unspecified atom stereocenters. The molecule has 3 aromatic rings. The van der Waals surface area contributed by atoms with Gasteiger partial charge in [-0.1, -0.05) is 12.1 Å². The molecule has 1 heterocycles. The van der Waals surface area contributed by atoms with Gasteiger partial charge in [0, 0.05) is 5.56 Å². The van der Waals surface area contributed by atoms with Crippen molar-refractivity contribution in [1.29, 1.82) is 0 Å². The third kappa shape index (κ3) is 5.15. The van der Waals surface area contributed by atoms with E-state index in [1.807, 2.05) is 12.1 Å². The molecule has 7 nitrogen and oxygen atoms in total. The largest absolute Gasteiger partial charge is 0.468 e. The molecule has 4 rings (SSSR count). The average molecular weight is 454 g/mol. The highest BCUT2D eigenvalue weighted by Crippen LogP contribution is 2.22. The van der Waals surface area contributed by atoms with Crippen molar-refractivity contribution in [3.63, 3.8) is 0 Å². The van der Waals surface area contributed by atoms with E-state index in [1.54, 1.807) is 18.2 Å². The molecule has 1 aromatic heterocycles. The molecule has 0 radical (unpaired) electrons. The van der Waals surface area contributed by atoms with E-state index < -0.39 is 16.0 Å². The summed E-state index contributed by atoms with van der Waals surface area (Å²) >= 11 is 0. The monoisotopic (exact) mass is 453 g/mol. The molecule has 32 heavy (non-hydrogen) atoms. The average Bonchev–Trinajstić information content (AvgIpc) is 3.35. The maximum absolute atomic E-state index is 12.4. The van der Waals surface area contributed by atoms with Crippen LogP contribution in [0, 0.1) is 0 Å². The number of benzene rings is 2. The van der Waals surface area contributed by atoms with Gasteiger partial charge in [0.25, 0.3) is 0 Å². The van der Waals surface area contributed by atoms with Crippen molar-refractivity contribution in [2.75, 3.05) is 6.61 Å². The van der Waals surface area contributed by atoms with Gasteiger partial charge < -0.3 is 9.15 Å². The molecule has 1 N–H and O–H groups in total. The van der Waals surface area contributed by atoms with Crippen LogP contribution >= 0.6 is 0 Å². The van der Waals surface area contributed by atoms with Crippen molar-refractivity contribution < 1.29 is 27.2 Å². The minimum Gasteiger partial charge on any atom is -0.468 e. The second kappa shape index (κ2) is 9.50. The highest BCUT2D eigenvalue weighted by Gasteiger charge is 2.18. The lowest BCUT2D eigenvalue weighted by Gasteiger charge is -2.16. The van der Waals surface area contributed by atoms with Gasteiger partial charge in [0.2, 0.25) is 10.0 Å². The molecule has 2 aromatic carbocycles. The summed E-state index contributed by atoms with van der Waals surface area (Å²) in [5, 5.41) is 0. The van der Waals surface area contributed by atoms with Crippen molar-refractivity contribution in [2.24, 2.45) is 0 Å². The van der Waals surface area contributed by atoms with Crippen molar-refractivity contribution in [3.8, 4) is 0 Å². The molecule has 0 fully saturated rings. The summed E-state index contributed by atoms with van der Waals surface area (Å²) in [5.41, 5.74) is 3.15. The number of sulfonamides is 1. The summed E-state index contributed by atoms with van der Waals surface area (Å²) in [7, 11) is -3.76. The van der Waals surface area contributed by atoms with E-state index in [0.29, 0.717) is 11.3 Å². The van der Waals surface area contributed by atoms with Crippen LogP contribution in [0.4, 0.5) is 0 Å². The van der Waals surface area contributed by atoms with E-state index in [9.17, 15) is 18.0 Å². The zero-order valence-corrected chi connectivity index (χ0v) is 18.2. The van der Waals surface area contributed by atoms with Gasteiger partial charge in [-0.15, -0.1) is 0 Å². The molecule has 0 atom stereocenters. The second-order valence-electron chi connectivity index (χ2n) is 7.62. The van der Waals surface area contributed by atoms with Gasteiger partial charge in [-0.25, -0.2) is 17.9 Å². The lowest BCUT2D eigenvalue weighted by molar-refractivity contribution is 0.0474. The number of Topliss-reactive ketones (excluding diaryl/α,β-unsaturated/α-hetero) is 1. The van der Waals surface area contributed by atoms with Crippen LogP contribution in [0.1, 0.15) is 50.4 Å². The number of rotatable bonds is 8. The Balaban J connectivity index is 1.34. The zero-order valence-electron chi connectivity index (χ0n) is 17.4. The maximum Gasteiger partial charge on any atom is 0.338 e. The SMILES string of the molecule is O=C(COC(=O)c1ccc(S(=O)(=O)NCc2ccco2)cc1)c1ccc2c(c1)CCCC2. The lowest BCUT2D eigenvalue weighted by atomic mass is 9.90. The molecule has 0 saturated carbocycles. The third-order valence-corrected chi connectivity index (χ3v) is 6.84. The minimum absolute atomic E-state index is 0.00532. The molecular formula is C24H23NO6S. The van der Waals surface area contributed by atoms with Crippen molar-refractivity contribution in [2.45, 2.75) is 37.1 Å². The van der Waals surface area contributed by atoms with Crippen LogP contribution in [0.2, 0.25) is 0 Å². The summed E-state index contributed by atoms with van der Waals surface area (Å²) in [5.74, 6) is -0.478.